The second kappa shape index (κ2) is 10.0. The average molecular weight is 417 g/mol. The van der Waals surface area contributed by atoms with Gasteiger partial charge < -0.3 is 4.43 Å². The number of hydrogen-bond donors (Lipinski definition) is 0. The molecule has 0 atom stereocenters. The molecule has 3 aromatic rings. The molecule has 2 nitrogen and oxygen atoms in total. The van der Waals surface area contributed by atoms with E-state index in [9.17, 15) is 4.79 Å². The van der Waals surface area contributed by atoms with E-state index in [0.29, 0.717) is 13.0 Å². The summed E-state index contributed by atoms with van der Waals surface area (Å²) < 4.78 is 6.88. The van der Waals surface area contributed by atoms with Gasteiger partial charge in [-0.25, -0.2) is 0 Å². The fourth-order valence-electron chi connectivity index (χ4n) is 4.14. The van der Waals surface area contributed by atoms with E-state index in [2.05, 4.69) is 81.4 Å². The number of benzene rings is 3. The van der Waals surface area contributed by atoms with Gasteiger partial charge in [-0.15, -0.1) is 0 Å². The van der Waals surface area contributed by atoms with Gasteiger partial charge in [0, 0.05) is 18.6 Å². The van der Waals surface area contributed by atoms with Gasteiger partial charge in [0.25, 0.3) is 8.32 Å². The molecule has 0 aliphatic carbocycles. The van der Waals surface area contributed by atoms with Crippen LogP contribution in [0.4, 0.5) is 0 Å². The Kier molecular flexibility index (Phi) is 7.41. The summed E-state index contributed by atoms with van der Waals surface area (Å²) in [4.78, 5) is 12.4. The first-order valence-corrected chi connectivity index (χ1v) is 12.7. The molecule has 0 saturated heterocycles. The molecule has 0 aromatic heterocycles. The van der Waals surface area contributed by atoms with Crippen molar-refractivity contribution in [2.75, 3.05) is 6.61 Å². The van der Waals surface area contributed by atoms with Crippen molar-refractivity contribution in [3.63, 3.8) is 0 Å². The van der Waals surface area contributed by atoms with Crippen molar-refractivity contribution < 1.29 is 9.22 Å². The van der Waals surface area contributed by atoms with E-state index < -0.39 is 8.32 Å². The van der Waals surface area contributed by atoms with Crippen LogP contribution in [-0.2, 0) is 4.43 Å². The second-order valence-corrected chi connectivity index (χ2v) is 13.1. The fraction of sp³-hybridized carbons (Fsp3) is 0.296. The third-order valence-corrected chi connectivity index (χ3v) is 10.7. The van der Waals surface area contributed by atoms with Crippen molar-refractivity contribution in [3.05, 3.63) is 96.6 Å². The zero-order valence-electron chi connectivity index (χ0n) is 18.3. The molecular weight excluding hydrogens is 384 g/mol. The lowest BCUT2D eigenvalue weighted by Crippen LogP contribution is -2.66. The van der Waals surface area contributed by atoms with Gasteiger partial charge >= 0.3 is 0 Å². The van der Waals surface area contributed by atoms with Gasteiger partial charge in [-0.05, 0) is 28.3 Å². The number of rotatable bonds is 9. The Balaban J connectivity index is 1.74. The lowest BCUT2D eigenvalue weighted by Gasteiger charge is -2.43. The van der Waals surface area contributed by atoms with Crippen molar-refractivity contribution in [3.8, 4) is 0 Å². The summed E-state index contributed by atoms with van der Waals surface area (Å²) in [6.45, 7) is 7.53. The Morgan fingerprint density at radius 1 is 0.733 bits per heavy atom. The van der Waals surface area contributed by atoms with Gasteiger partial charge in [0.05, 0.1) is 0 Å². The molecule has 0 saturated carbocycles. The highest BCUT2D eigenvalue weighted by molar-refractivity contribution is 6.99. The summed E-state index contributed by atoms with van der Waals surface area (Å²) in [5.41, 5.74) is 0.797. The van der Waals surface area contributed by atoms with Crippen LogP contribution in [0.25, 0.3) is 0 Å². The van der Waals surface area contributed by atoms with Crippen LogP contribution in [0.15, 0.2) is 91.0 Å². The Labute approximate surface area is 182 Å². The number of unbranched alkanes of at least 4 members (excludes halogenated alkanes) is 1. The maximum atomic E-state index is 12.4. The molecule has 0 amide bonds. The fourth-order valence-corrected chi connectivity index (χ4v) is 8.75. The monoisotopic (exact) mass is 416 g/mol. The number of Topliss-reactive ketones (excluding diaryl/α,β-unsaturated/α-hetero) is 1. The molecule has 0 aliphatic rings. The van der Waals surface area contributed by atoms with Crippen LogP contribution in [0.3, 0.4) is 0 Å². The van der Waals surface area contributed by atoms with E-state index in [1.807, 2.05) is 30.3 Å². The number of carbonyl (C=O) groups excluding carboxylic acids is 1. The zero-order valence-corrected chi connectivity index (χ0v) is 19.3. The van der Waals surface area contributed by atoms with Gasteiger partial charge in [-0.1, -0.05) is 112 Å². The highest BCUT2D eigenvalue weighted by Gasteiger charge is 2.49. The normalized spacial score (nSPS) is 12.0. The molecule has 0 N–H and O–H groups in total. The minimum Gasteiger partial charge on any atom is -0.407 e. The summed E-state index contributed by atoms with van der Waals surface area (Å²) in [6, 6.07) is 30.9. The first-order valence-electron chi connectivity index (χ1n) is 10.8. The SMILES string of the molecule is CC(C)(C)[Si](OCCCCC(=O)c1ccccc1)(c1ccccc1)c1ccccc1. The van der Waals surface area contributed by atoms with E-state index in [1.165, 1.54) is 10.4 Å². The average Bonchev–Trinajstić information content (AvgIpc) is 2.77. The van der Waals surface area contributed by atoms with E-state index in [1.54, 1.807) is 0 Å². The van der Waals surface area contributed by atoms with Crippen LogP contribution >= 0.6 is 0 Å². The molecule has 0 fully saturated rings. The van der Waals surface area contributed by atoms with Crippen molar-refractivity contribution >= 4 is 24.5 Å². The van der Waals surface area contributed by atoms with Crippen LogP contribution in [0.1, 0.15) is 50.4 Å². The van der Waals surface area contributed by atoms with Crippen LogP contribution < -0.4 is 10.4 Å². The molecule has 0 heterocycles. The predicted molar refractivity (Wildman–Crippen MR) is 128 cm³/mol. The van der Waals surface area contributed by atoms with Gasteiger partial charge in [0.2, 0.25) is 0 Å². The highest BCUT2D eigenvalue weighted by atomic mass is 28.4. The second-order valence-electron chi connectivity index (χ2n) is 8.76. The van der Waals surface area contributed by atoms with Crippen LogP contribution in [0.5, 0.6) is 0 Å². The lowest BCUT2D eigenvalue weighted by molar-refractivity contribution is 0.0977. The minimum atomic E-state index is -2.48. The molecule has 3 aromatic carbocycles. The molecule has 0 aliphatic heterocycles. The predicted octanol–water partition coefficient (Wildman–Crippen LogP) is 5.62. The summed E-state index contributed by atoms with van der Waals surface area (Å²) >= 11 is 0. The maximum absolute atomic E-state index is 12.4. The molecule has 156 valence electrons. The molecule has 3 rings (SSSR count). The quantitative estimate of drug-likeness (QED) is 0.257. The Morgan fingerprint density at radius 3 is 1.67 bits per heavy atom. The lowest BCUT2D eigenvalue weighted by atomic mass is 10.1. The van der Waals surface area contributed by atoms with Gasteiger partial charge in [0.1, 0.15) is 0 Å². The number of ketones is 1. The van der Waals surface area contributed by atoms with Crippen LogP contribution in [0, 0.1) is 0 Å². The Hall–Kier alpha value is -2.49. The smallest absolute Gasteiger partial charge is 0.261 e. The zero-order chi connectivity index (χ0) is 21.5. The highest BCUT2D eigenvalue weighted by Crippen LogP contribution is 2.36. The molecule has 0 spiro atoms. The Morgan fingerprint density at radius 2 is 1.20 bits per heavy atom. The van der Waals surface area contributed by atoms with Gasteiger partial charge in [-0.2, -0.15) is 0 Å². The minimum absolute atomic E-state index is 0.0183. The van der Waals surface area contributed by atoms with Gasteiger partial charge in [0.15, 0.2) is 5.78 Å². The molecule has 0 bridgehead atoms. The van der Waals surface area contributed by atoms with Crippen LogP contribution in [0.2, 0.25) is 5.04 Å². The van der Waals surface area contributed by atoms with Crippen molar-refractivity contribution in [2.45, 2.75) is 45.1 Å². The number of carbonyl (C=O) groups is 1. The standard InChI is InChI=1S/C27H32O2Si/c1-27(2,3)30(24-17-9-5-10-18-24,25-19-11-6-12-20-25)29-22-14-13-21-26(28)23-15-7-4-8-16-23/h4-12,15-20H,13-14,21-22H2,1-3H3. The summed E-state index contributed by atoms with van der Waals surface area (Å²) in [7, 11) is -2.48. The van der Waals surface area contributed by atoms with Crippen molar-refractivity contribution in [1.29, 1.82) is 0 Å². The molecule has 0 unspecified atom stereocenters. The topological polar surface area (TPSA) is 26.3 Å². The van der Waals surface area contributed by atoms with Gasteiger partial charge in [-0.3, -0.25) is 4.79 Å². The molecule has 30 heavy (non-hydrogen) atoms. The molecule has 3 heteroatoms. The summed E-state index contributed by atoms with van der Waals surface area (Å²) in [5.74, 6) is 0.209. The van der Waals surface area contributed by atoms with E-state index >= 15 is 0 Å². The third kappa shape index (κ3) is 4.97. The molecule has 0 radical (unpaired) electrons. The maximum Gasteiger partial charge on any atom is 0.261 e. The van der Waals surface area contributed by atoms with Crippen molar-refractivity contribution in [1.82, 2.24) is 0 Å². The largest absolute Gasteiger partial charge is 0.407 e. The Bertz CT molecular complexity index is 876. The van der Waals surface area contributed by atoms with E-state index in [0.717, 1.165) is 18.4 Å². The third-order valence-electron chi connectivity index (χ3n) is 5.63. The summed E-state index contributed by atoms with van der Waals surface area (Å²) in [5, 5.41) is 2.57. The van der Waals surface area contributed by atoms with E-state index in [4.69, 9.17) is 4.43 Å². The van der Waals surface area contributed by atoms with E-state index in [-0.39, 0.29) is 10.8 Å². The first kappa shape index (κ1) is 22.2. The molecular formula is C27H32O2Si. The van der Waals surface area contributed by atoms with Crippen molar-refractivity contribution in [2.24, 2.45) is 0 Å². The first-order chi connectivity index (χ1) is 14.4. The summed E-state index contributed by atoms with van der Waals surface area (Å²) in [6.07, 6.45) is 2.28. The number of hydrogen-bond acceptors (Lipinski definition) is 2. The van der Waals surface area contributed by atoms with Crippen LogP contribution in [-0.4, -0.2) is 20.7 Å².